The molecule has 1 heterocycles. The Labute approximate surface area is 126 Å². The number of carbonyl (C=O) groups is 2. The zero-order valence-corrected chi connectivity index (χ0v) is 13.3. The van der Waals surface area contributed by atoms with Crippen LogP contribution in [0.3, 0.4) is 0 Å². The number of aromatic nitrogens is 2. The number of hydrogen-bond donors (Lipinski definition) is 0. The fourth-order valence-electron chi connectivity index (χ4n) is 1.61. The highest BCUT2D eigenvalue weighted by Crippen LogP contribution is 2.13. The Hall–Kier alpha value is -1.79. The number of ether oxygens (including phenoxy) is 2. The first-order valence-corrected chi connectivity index (χ1v) is 6.97. The lowest BCUT2D eigenvalue weighted by molar-refractivity contribution is 0.00574. The van der Waals surface area contributed by atoms with Crippen molar-refractivity contribution in [2.45, 2.75) is 45.9 Å². The van der Waals surface area contributed by atoms with Gasteiger partial charge in [-0.15, -0.1) is 0 Å². The van der Waals surface area contributed by atoms with Crippen molar-refractivity contribution >= 4 is 19.2 Å². The summed E-state index contributed by atoms with van der Waals surface area (Å²) in [6.45, 7) is 7.62. The summed E-state index contributed by atoms with van der Waals surface area (Å²) in [7, 11) is 3.59. The molecule has 0 N–H and O–H groups in total. The van der Waals surface area contributed by atoms with Gasteiger partial charge in [-0.05, 0) is 27.2 Å². The van der Waals surface area contributed by atoms with E-state index in [1.54, 1.807) is 27.8 Å². The standard InChI is InChI=1S/C14H22BN2O4/c1-14(2,3)21-13(19)11-9-10(16-17(11)5)12(18)20-8-6-7-15-4/h9H,6-8H2,1-5H3. The molecule has 0 amide bonds. The molecule has 115 valence electrons. The average molecular weight is 293 g/mol. The van der Waals surface area contributed by atoms with Crippen LogP contribution in [-0.2, 0) is 16.5 Å². The number of hydrogen-bond acceptors (Lipinski definition) is 5. The summed E-state index contributed by atoms with van der Waals surface area (Å²) in [5.41, 5.74) is -0.267. The molecule has 6 nitrogen and oxygen atoms in total. The topological polar surface area (TPSA) is 70.4 Å². The van der Waals surface area contributed by atoms with Gasteiger partial charge in [-0.25, -0.2) is 9.59 Å². The minimum atomic E-state index is -0.599. The van der Waals surface area contributed by atoms with E-state index in [-0.39, 0.29) is 11.4 Å². The molecule has 0 saturated heterocycles. The summed E-state index contributed by atoms with van der Waals surface area (Å²) < 4.78 is 11.7. The van der Waals surface area contributed by atoms with Crippen LogP contribution in [0.2, 0.25) is 13.1 Å². The Morgan fingerprint density at radius 1 is 1.33 bits per heavy atom. The van der Waals surface area contributed by atoms with E-state index >= 15 is 0 Å². The molecule has 1 rings (SSSR count). The van der Waals surface area contributed by atoms with Gasteiger partial charge in [0.2, 0.25) is 0 Å². The van der Waals surface area contributed by atoms with E-state index in [0.717, 1.165) is 12.7 Å². The lowest BCUT2D eigenvalue weighted by Crippen LogP contribution is -2.25. The van der Waals surface area contributed by atoms with Gasteiger partial charge < -0.3 is 9.47 Å². The van der Waals surface area contributed by atoms with E-state index < -0.39 is 17.5 Å². The quantitative estimate of drug-likeness (QED) is 0.456. The molecule has 1 radical (unpaired) electrons. The Morgan fingerprint density at radius 3 is 2.57 bits per heavy atom. The van der Waals surface area contributed by atoms with E-state index in [4.69, 9.17) is 9.47 Å². The third-order valence-corrected chi connectivity index (χ3v) is 2.57. The van der Waals surface area contributed by atoms with Crippen molar-refractivity contribution in [3.63, 3.8) is 0 Å². The summed E-state index contributed by atoms with van der Waals surface area (Å²) >= 11 is 0. The van der Waals surface area contributed by atoms with Gasteiger partial charge >= 0.3 is 11.9 Å². The monoisotopic (exact) mass is 293 g/mol. The van der Waals surface area contributed by atoms with E-state index in [1.165, 1.54) is 10.7 Å². The fourth-order valence-corrected chi connectivity index (χ4v) is 1.61. The van der Waals surface area contributed by atoms with Crippen LogP contribution < -0.4 is 0 Å². The first kappa shape index (κ1) is 17.3. The minimum absolute atomic E-state index is 0.110. The molecular weight excluding hydrogens is 271 g/mol. The number of esters is 2. The Balaban J connectivity index is 2.69. The number of carbonyl (C=O) groups excluding carboxylic acids is 2. The van der Waals surface area contributed by atoms with Crippen LogP contribution in [0.4, 0.5) is 0 Å². The smallest absolute Gasteiger partial charge is 0.358 e. The third kappa shape index (κ3) is 5.61. The molecule has 0 bridgehead atoms. The zero-order valence-electron chi connectivity index (χ0n) is 13.3. The summed E-state index contributed by atoms with van der Waals surface area (Å²) in [6, 6.07) is 1.39. The molecule has 0 aliphatic rings. The summed E-state index contributed by atoms with van der Waals surface area (Å²) in [6.07, 6.45) is 1.66. The van der Waals surface area contributed by atoms with E-state index in [2.05, 4.69) is 5.10 Å². The van der Waals surface area contributed by atoms with Crippen molar-refractivity contribution in [2.75, 3.05) is 6.61 Å². The highest BCUT2D eigenvalue weighted by Gasteiger charge is 2.23. The van der Waals surface area contributed by atoms with Gasteiger partial charge in [-0.2, -0.15) is 5.10 Å². The summed E-state index contributed by atoms with van der Waals surface area (Å²) in [5.74, 6) is -1.05. The number of aryl methyl sites for hydroxylation is 1. The Morgan fingerprint density at radius 2 is 2.00 bits per heavy atom. The van der Waals surface area contributed by atoms with E-state index in [0.29, 0.717) is 6.61 Å². The maximum atomic E-state index is 12.0. The highest BCUT2D eigenvalue weighted by molar-refractivity contribution is 6.33. The first-order valence-electron chi connectivity index (χ1n) is 6.97. The normalized spacial score (nSPS) is 11.1. The van der Waals surface area contributed by atoms with Crippen LogP contribution in [0.5, 0.6) is 0 Å². The zero-order chi connectivity index (χ0) is 16.0. The molecule has 1 aromatic rings. The molecule has 21 heavy (non-hydrogen) atoms. The lowest BCUT2D eigenvalue weighted by atomic mass is 9.77. The molecule has 0 aliphatic heterocycles. The van der Waals surface area contributed by atoms with Crippen molar-refractivity contribution in [1.29, 1.82) is 0 Å². The molecule has 0 unspecified atom stereocenters. The van der Waals surface area contributed by atoms with Crippen LogP contribution in [-0.4, -0.2) is 41.2 Å². The summed E-state index contributed by atoms with van der Waals surface area (Å²) in [5, 5.41) is 3.99. The van der Waals surface area contributed by atoms with Crippen LogP contribution in [0.25, 0.3) is 0 Å². The van der Waals surface area contributed by atoms with Crippen LogP contribution in [0.15, 0.2) is 6.07 Å². The number of nitrogens with zero attached hydrogens (tertiary/aromatic N) is 2. The average Bonchev–Trinajstić information content (AvgIpc) is 2.74. The molecule has 0 atom stereocenters. The molecule has 7 heteroatoms. The highest BCUT2D eigenvalue weighted by atomic mass is 16.6. The second-order valence-electron chi connectivity index (χ2n) is 5.73. The summed E-state index contributed by atoms with van der Waals surface area (Å²) in [4.78, 5) is 23.8. The molecule has 0 aliphatic carbocycles. The predicted molar refractivity (Wildman–Crippen MR) is 79.7 cm³/mol. The van der Waals surface area contributed by atoms with Crippen molar-refractivity contribution in [1.82, 2.24) is 9.78 Å². The predicted octanol–water partition coefficient (Wildman–Crippen LogP) is 2.09. The third-order valence-electron chi connectivity index (χ3n) is 2.57. The fraction of sp³-hybridized carbons (Fsp3) is 0.643. The molecule has 0 saturated carbocycles. The van der Waals surface area contributed by atoms with Crippen molar-refractivity contribution < 1.29 is 19.1 Å². The van der Waals surface area contributed by atoms with Crippen molar-refractivity contribution in [3.8, 4) is 0 Å². The number of rotatable bonds is 6. The molecule has 0 spiro atoms. The Kier molecular flexibility index (Phi) is 5.99. The van der Waals surface area contributed by atoms with Crippen LogP contribution in [0.1, 0.15) is 48.2 Å². The van der Waals surface area contributed by atoms with Gasteiger partial charge in [0.1, 0.15) is 18.6 Å². The van der Waals surface area contributed by atoms with Gasteiger partial charge in [0.05, 0.1) is 6.61 Å². The van der Waals surface area contributed by atoms with Crippen molar-refractivity contribution in [2.24, 2.45) is 7.05 Å². The van der Waals surface area contributed by atoms with Gasteiger partial charge in [0.25, 0.3) is 0 Å². The minimum Gasteiger partial charge on any atom is -0.461 e. The van der Waals surface area contributed by atoms with Gasteiger partial charge in [-0.3, -0.25) is 4.68 Å². The van der Waals surface area contributed by atoms with Gasteiger partial charge in [0.15, 0.2) is 5.69 Å². The largest absolute Gasteiger partial charge is 0.461 e. The Bertz CT molecular complexity index is 506. The molecule has 0 aromatic carbocycles. The first-order chi connectivity index (χ1) is 9.74. The van der Waals surface area contributed by atoms with Gasteiger partial charge in [-0.1, -0.05) is 13.1 Å². The maximum Gasteiger partial charge on any atom is 0.358 e. The second kappa shape index (κ2) is 7.29. The molecule has 0 fully saturated rings. The van der Waals surface area contributed by atoms with E-state index in [9.17, 15) is 9.59 Å². The molecular formula is C14H22BN2O4. The van der Waals surface area contributed by atoms with Crippen LogP contribution >= 0.6 is 0 Å². The SMILES string of the molecule is C[B]CCCOC(=O)c1cc(C(=O)OC(C)(C)C)n(C)n1. The maximum absolute atomic E-state index is 12.0. The van der Waals surface area contributed by atoms with Crippen molar-refractivity contribution in [3.05, 3.63) is 17.5 Å². The van der Waals surface area contributed by atoms with Crippen LogP contribution in [0, 0.1) is 0 Å². The second-order valence-corrected chi connectivity index (χ2v) is 5.73. The van der Waals surface area contributed by atoms with Gasteiger partial charge in [0, 0.05) is 13.1 Å². The van der Waals surface area contributed by atoms with E-state index in [1.807, 2.05) is 14.1 Å². The lowest BCUT2D eigenvalue weighted by Gasteiger charge is -2.19. The molecule has 1 aromatic heterocycles.